The molecule has 0 aliphatic carbocycles. The standard InChI is InChI=1S/C31H34O7/c1-3-19-35-29-28(38-30(32)25-17-11-6-12-18-25)27(36-21-24-15-9-5-10-16-24)26(37-31(29)33-2)22-34-20-23-13-7-4-8-14-23/h3-18,26-29,31H,1,19-22H2,2H3/t26-,27-,28+,29+,31+/m1/s1. The Morgan fingerprint density at radius 2 is 1.42 bits per heavy atom. The van der Waals surface area contributed by atoms with E-state index >= 15 is 0 Å². The van der Waals surface area contributed by atoms with Gasteiger partial charge < -0.3 is 28.4 Å². The van der Waals surface area contributed by atoms with Crippen LogP contribution in [0.15, 0.2) is 104 Å². The number of methoxy groups -OCH3 is 1. The Kier molecular flexibility index (Phi) is 10.6. The van der Waals surface area contributed by atoms with Gasteiger partial charge in [0.15, 0.2) is 12.4 Å². The summed E-state index contributed by atoms with van der Waals surface area (Å²) in [7, 11) is 1.53. The van der Waals surface area contributed by atoms with Gasteiger partial charge in [-0.05, 0) is 23.3 Å². The number of benzene rings is 3. The van der Waals surface area contributed by atoms with E-state index in [-0.39, 0.29) is 19.8 Å². The minimum Gasteiger partial charge on any atom is -0.453 e. The Bertz CT molecular complexity index is 1110. The van der Waals surface area contributed by atoms with Crippen LogP contribution >= 0.6 is 0 Å². The molecule has 200 valence electrons. The highest BCUT2D eigenvalue weighted by Gasteiger charge is 2.50. The Balaban J connectivity index is 1.59. The smallest absolute Gasteiger partial charge is 0.338 e. The lowest BCUT2D eigenvalue weighted by Crippen LogP contribution is -2.62. The molecule has 0 bridgehead atoms. The fourth-order valence-electron chi connectivity index (χ4n) is 4.29. The van der Waals surface area contributed by atoms with Crippen LogP contribution in [0.4, 0.5) is 0 Å². The van der Waals surface area contributed by atoms with Crippen molar-refractivity contribution < 1.29 is 33.2 Å². The van der Waals surface area contributed by atoms with Crippen molar-refractivity contribution >= 4 is 5.97 Å². The average molecular weight is 519 g/mol. The van der Waals surface area contributed by atoms with Crippen molar-refractivity contribution in [2.75, 3.05) is 20.3 Å². The van der Waals surface area contributed by atoms with E-state index in [1.165, 1.54) is 7.11 Å². The topological polar surface area (TPSA) is 72.5 Å². The highest BCUT2D eigenvalue weighted by atomic mass is 16.7. The van der Waals surface area contributed by atoms with E-state index < -0.39 is 36.7 Å². The highest BCUT2D eigenvalue weighted by Crippen LogP contribution is 2.30. The molecule has 3 aromatic carbocycles. The normalized spacial score (nSPS) is 23.0. The molecule has 4 rings (SSSR count). The van der Waals surface area contributed by atoms with Gasteiger partial charge in [-0.3, -0.25) is 0 Å². The zero-order chi connectivity index (χ0) is 26.6. The second-order valence-electron chi connectivity index (χ2n) is 8.86. The van der Waals surface area contributed by atoms with Crippen LogP contribution < -0.4 is 0 Å². The molecule has 0 unspecified atom stereocenters. The Labute approximate surface area is 223 Å². The van der Waals surface area contributed by atoms with E-state index in [1.54, 1.807) is 30.3 Å². The van der Waals surface area contributed by atoms with Crippen LogP contribution in [-0.4, -0.2) is 57.0 Å². The van der Waals surface area contributed by atoms with Crippen LogP contribution in [0.5, 0.6) is 0 Å². The zero-order valence-corrected chi connectivity index (χ0v) is 21.5. The number of hydrogen-bond donors (Lipinski definition) is 0. The third-order valence-electron chi connectivity index (χ3n) is 6.16. The highest BCUT2D eigenvalue weighted by molar-refractivity contribution is 5.89. The number of ether oxygens (including phenoxy) is 6. The summed E-state index contributed by atoms with van der Waals surface area (Å²) in [6.07, 6.45) is -2.07. The van der Waals surface area contributed by atoms with E-state index in [1.807, 2.05) is 66.7 Å². The second-order valence-corrected chi connectivity index (χ2v) is 8.86. The Morgan fingerprint density at radius 3 is 2.03 bits per heavy atom. The first-order valence-electron chi connectivity index (χ1n) is 12.6. The van der Waals surface area contributed by atoms with Crippen LogP contribution in [0.1, 0.15) is 21.5 Å². The van der Waals surface area contributed by atoms with Crippen molar-refractivity contribution in [1.29, 1.82) is 0 Å². The summed E-state index contributed by atoms with van der Waals surface area (Å²) >= 11 is 0. The van der Waals surface area contributed by atoms with Gasteiger partial charge in [0.25, 0.3) is 0 Å². The lowest BCUT2D eigenvalue weighted by Gasteiger charge is -2.45. The van der Waals surface area contributed by atoms with Crippen molar-refractivity contribution in [3.05, 3.63) is 120 Å². The molecule has 3 aromatic rings. The first-order valence-corrected chi connectivity index (χ1v) is 12.6. The molecule has 1 aliphatic heterocycles. The number of carbonyl (C=O) groups is 1. The molecule has 0 saturated carbocycles. The summed E-state index contributed by atoms with van der Waals surface area (Å²) in [6, 6.07) is 28.5. The second kappa shape index (κ2) is 14.6. The summed E-state index contributed by atoms with van der Waals surface area (Å²) in [5.74, 6) is -0.489. The minimum absolute atomic E-state index is 0.196. The number of rotatable bonds is 13. The van der Waals surface area contributed by atoms with Crippen LogP contribution in [0, 0.1) is 0 Å². The molecule has 5 atom stereocenters. The molecule has 0 spiro atoms. The lowest BCUT2D eigenvalue weighted by atomic mass is 9.98. The zero-order valence-electron chi connectivity index (χ0n) is 21.5. The monoisotopic (exact) mass is 518 g/mol. The molecule has 38 heavy (non-hydrogen) atoms. The van der Waals surface area contributed by atoms with E-state index in [0.717, 1.165) is 11.1 Å². The summed E-state index contributed by atoms with van der Waals surface area (Å²) < 4.78 is 36.4. The summed E-state index contributed by atoms with van der Waals surface area (Å²) in [4.78, 5) is 13.2. The molecule has 0 aromatic heterocycles. The van der Waals surface area contributed by atoms with Gasteiger partial charge in [-0.25, -0.2) is 4.79 Å². The van der Waals surface area contributed by atoms with Gasteiger partial charge in [0.05, 0.1) is 32.0 Å². The van der Waals surface area contributed by atoms with Crippen LogP contribution in [0.2, 0.25) is 0 Å². The molecule has 1 aliphatic rings. The van der Waals surface area contributed by atoms with Crippen molar-refractivity contribution in [2.45, 2.75) is 43.9 Å². The van der Waals surface area contributed by atoms with E-state index in [4.69, 9.17) is 28.4 Å². The van der Waals surface area contributed by atoms with E-state index in [9.17, 15) is 4.79 Å². The van der Waals surface area contributed by atoms with Gasteiger partial charge in [-0.2, -0.15) is 0 Å². The Hall–Kier alpha value is -3.33. The van der Waals surface area contributed by atoms with Gasteiger partial charge in [0.1, 0.15) is 18.3 Å². The van der Waals surface area contributed by atoms with E-state index in [0.29, 0.717) is 12.2 Å². The van der Waals surface area contributed by atoms with Gasteiger partial charge in [-0.1, -0.05) is 84.9 Å². The van der Waals surface area contributed by atoms with Crippen LogP contribution in [-0.2, 0) is 41.6 Å². The third-order valence-corrected chi connectivity index (χ3v) is 6.16. The molecule has 0 radical (unpaired) electrons. The molecule has 0 N–H and O–H groups in total. The van der Waals surface area contributed by atoms with Crippen LogP contribution in [0.3, 0.4) is 0 Å². The summed E-state index contributed by atoms with van der Waals surface area (Å²) in [5, 5.41) is 0. The maximum Gasteiger partial charge on any atom is 0.338 e. The molecule has 0 amide bonds. The number of esters is 1. The molecular formula is C31H34O7. The molecule has 7 nitrogen and oxygen atoms in total. The van der Waals surface area contributed by atoms with Crippen molar-refractivity contribution in [3.63, 3.8) is 0 Å². The number of carbonyl (C=O) groups excluding carboxylic acids is 1. The Morgan fingerprint density at radius 1 is 0.816 bits per heavy atom. The molecule has 1 fully saturated rings. The largest absolute Gasteiger partial charge is 0.453 e. The third kappa shape index (κ3) is 7.60. The molecule has 1 heterocycles. The fourth-order valence-corrected chi connectivity index (χ4v) is 4.29. The van der Waals surface area contributed by atoms with Gasteiger partial charge in [0.2, 0.25) is 0 Å². The summed E-state index contributed by atoms with van der Waals surface area (Å²) in [6.45, 7) is 4.84. The quantitative estimate of drug-likeness (QED) is 0.234. The molecule has 1 saturated heterocycles. The van der Waals surface area contributed by atoms with Gasteiger partial charge >= 0.3 is 5.97 Å². The molecule has 7 heteroatoms. The van der Waals surface area contributed by atoms with E-state index in [2.05, 4.69) is 6.58 Å². The van der Waals surface area contributed by atoms with Crippen molar-refractivity contribution in [1.82, 2.24) is 0 Å². The average Bonchev–Trinajstić information content (AvgIpc) is 2.97. The fraction of sp³-hybridized carbons (Fsp3) is 0.323. The SMILES string of the molecule is C=CCO[C@@H]1[C@@H](OC)O[C@H](COCc2ccccc2)[C@@H](OCc2ccccc2)[C@@H]1OC(=O)c1ccccc1. The van der Waals surface area contributed by atoms with Crippen molar-refractivity contribution in [3.8, 4) is 0 Å². The minimum atomic E-state index is -0.838. The number of hydrogen-bond acceptors (Lipinski definition) is 7. The summed E-state index contributed by atoms with van der Waals surface area (Å²) in [5.41, 5.74) is 2.43. The first-order chi connectivity index (χ1) is 18.7. The maximum absolute atomic E-state index is 13.2. The van der Waals surface area contributed by atoms with Gasteiger partial charge in [-0.15, -0.1) is 6.58 Å². The predicted molar refractivity (Wildman–Crippen MR) is 142 cm³/mol. The predicted octanol–water partition coefficient (Wildman–Crippen LogP) is 4.96. The van der Waals surface area contributed by atoms with Crippen molar-refractivity contribution in [2.24, 2.45) is 0 Å². The van der Waals surface area contributed by atoms with Gasteiger partial charge in [0, 0.05) is 7.11 Å². The van der Waals surface area contributed by atoms with Crippen LogP contribution in [0.25, 0.3) is 0 Å². The molecular weight excluding hydrogens is 484 g/mol. The first kappa shape index (κ1) is 27.7. The maximum atomic E-state index is 13.2. The lowest BCUT2D eigenvalue weighted by molar-refractivity contribution is -0.311.